The van der Waals surface area contributed by atoms with Gasteiger partial charge in [-0.25, -0.2) is 9.78 Å². The second kappa shape index (κ2) is 6.00. The monoisotopic (exact) mass is 215 g/mol. The standard InChI is InChI=1S/C13H13NO2/c1-2-6-12(7-3-1)10-15-16-11-13-8-4-5-9-14-13/h1-9H,10-11H2. The van der Waals surface area contributed by atoms with Gasteiger partial charge in [-0.05, 0) is 17.7 Å². The highest BCUT2D eigenvalue weighted by molar-refractivity contribution is 5.13. The molecule has 0 aliphatic heterocycles. The van der Waals surface area contributed by atoms with E-state index in [9.17, 15) is 0 Å². The molecule has 0 saturated heterocycles. The van der Waals surface area contributed by atoms with Gasteiger partial charge in [0.25, 0.3) is 0 Å². The maximum atomic E-state index is 5.08. The van der Waals surface area contributed by atoms with Crippen LogP contribution in [0.15, 0.2) is 54.7 Å². The summed E-state index contributed by atoms with van der Waals surface area (Å²) in [5, 5.41) is 0. The number of aromatic nitrogens is 1. The first kappa shape index (κ1) is 10.8. The van der Waals surface area contributed by atoms with E-state index >= 15 is 0 Å². The number of nitrogens with zero attached hydrogens (tertiary/aromatic N) is 1. The zero-order valence-electron chi connectivity index (χ0n) is 8.87. The molecule has 3 heteroatoms. The molecule has 2 rings (SSSR count). The van der Waals surface area contributed by atoms with Crippen molar-refractivity contribution in [2.75, 3.05) is 0 Å². The van der Waals surface area contributed by atoms with Crippen molar-refractivity contribution in [2.45, 2.75) is 13.2 Å². The molecule has 82 valence electrons. The summed E-state index contributed by atoms with van der Waals surface area (Å²) in [7, 11) is 0. The van der Waals surface area contributed by atoms with Crippen LogP contribution in [0.1, 0.15) is 11.3 Å². The predicted octanol–water partition coefficient (Wildman–Crippen LogP) is 2.73. The lowest BCUT2D eigenvalue weighted by atomic mass is 10.2. The van der Waals surface area contributed by atoms with Gasteiger partial charge in [0.05, 0.1) is 5.69 Å². The molecule has 0 spiro atoms. The summed E-state index contributed by atoms with van der Waals surface area (Å²) in [6.45, 7) is 0.821. The van der Waals surface area contributed by atoms with E-state index in [1.165, 1.54) is 0 Å². The van der Waals surface area contributed by atoms with Crippen molar-refractivity contribution in [3.8, 4) is 0 Å². The molecular formula is C13H13NO2. The van der Waals surface area contributed by atoms with Gasteiger partial charge in [-0.3, -0.25) is 4.98 Å². The third kappa shape index (κ3) is 3.46. The van der Waals surface area contributed by atoms with Gasteiger partial charge in [-0.1, -0.05) is 36.4 Å². The molecule has 0 bridgehead atoms. The maximum Gasteiger partial charge on any atom is 0.124 e. The Morgan fingerprint density at radius 3 is 2.31 bits per heavy atom. The summed E-state index contributed by atoms with van der Waals surface area (Å²) < 4.78 is 0. The molecule has 1 aromatic carbocycles. The lowest BCUT2D eigenvalue weighted by Crippen LogP contribution is -1.97. The largest absolute Gasteiger partial charge is 0.259 e. The average Bonchev–Trinajstić information content (AvgIpc) is 2.37. The summed E-state index contributed by atoms with van der Waals surface area (Å²) >= 11 is 0. The van der Waals surface area contributed by atoms with E-state index in [1.807, 2.05) is 48.5 Å². The van der Waals surface area contributed by atoms with Crippen LogP contribution >= 0.6 is 0 Å². The van der Waals surface area contributed by atoms with Crippen LogP contribution in [0.2, 0.25) is 0 Å². The molecule has 0 saturated carbocycles. The Morgan fingerprint density at radius 2 is 1.56 bits per heavy atom. The van der Waals surface area contributed by atoms with Gasteiger partial charge in [-0.2, -0.15) is 0 Å². The summed E-state index contributed by atoms with van der Waals surface area (Å²) in [6, 6.07) is 15.6. The smallest absolute Gasteiger partial charge is 0.124 e. The SMILES string of the molecule is c1ccc(COOCc2ccccn2)cc1. The first-order chi connectivity index (χ1) is 7.95. The van der Waals surface area contributed by atoms with Crippen LogP contribution in [0, 0.1) is 0 Å². The molecular weight excluding hydrogens is 202 g/mol. The van der Waals surface area contributed by atoms with Gasteiger partial charge in [0, 0.05) is 6.20 Å². The molecule has 0 atom stereocenters. The van der Waals surface area contributed by atoms with Gasteiger partial charge in [0.2, 0.25) is 0 Å². The lowest BCUT2D eigenvalue weighted by Gasteiger charge is -2.03. The lowest BCUT2D eigenvalue weighted by molar-refractivity contribution is -0.313. The Kier molecular flexibility index (Phi) is 4.05. The van der Waals surface area contributed by atoms with E-state index < -0.39 is 0 Å². The number of hydrogen-bond donors (Lipinski definition) is 0. The minimum Gasteiger partial charge on any atom is -0.259 e. The van der Waals surface area contributed by atoms with E-state index in [4.69, 9.17) is 9.78 Å². The molecule has 1 aromatic heterocycles. The topological polar surface area (TPSA) is 31.4 Å². The summed E-state index contributed by atoms with van der Waals surface area (Å²) in [5.41, 5.74) is 1.94. The van der Waals surface area contributed by atoms with Crippen molar-refractivity contribution in [3.05, 3.63) is 66.0 Å². The van der Waals surface area contributed by atoms with Crippen molar-refractivity contribution in [3.63, 3.8) is 0 Å². The zero-order valence-corrected chi connectivity index (χ0v) is 8.87. The average molecular weight is 215 g/mol. The van der Waals surface area contributed by atoms with Crippen molar-refractivity contribution < 1.29 is 9.78 Å². The Hall–Kier alpha value is -1.71. The molecule has 0 unspecified atom stereocenters. The fourth-order valence-electron chi connectivity index (χ4n) is 1.27. The molecule has 2 aromatic rings. The summed E-state index contributed by atoms with van der Waals surface area (Å²) in [5.74, 6) is 0. The minimum absolute atomic E-state index is 0.369. The quantitative estimate of drug-likeness (QED) is 0.436. The highest BCUT2D eigenvalue weighted by atomic mass is 17.2. The summed E-state index contributed by atoms with van der Waals surface area (Å²) in [6.07, 6.45) is 1.73. The zero-order chi connectivity index (χ0) is 11.1. The third-order valence-corrected chi connectivity index (χ3v) is 2.08. The Labute approximate surface area is 94.6 Å². The van der Waals surface area contributed by atoms with Crippen molar-refractivity contribution in [1.29, 1.82) is 0 Å². The Bertz CT molecular complexity index is 361. The van der Waals surface area contributed by atoms with E-state index in [0.29, 0.717) is 13.2 Å². The second-order valence-corrected chi connectivity index (χ2v) is 3.33. The second-order valence-electron chi connectivity index (χ2n) is 3.33. The van der Waals surface area contributed by atoms with E-state index in [0.717, 1.165) is 11.3 Å². The van der Waals surface area contributed by atoms with E-state index in [2.05, 4.69) is 4.98 Å². The molecule has 16 heavy (non-hydrogen) atoms. The van der Waals surface area contributed by atoms with E-state index in [1.54, 1.807) is 6.20 Å². The van der Waals surface area contributed by atoms with Crippen LogP contribution in [0.5, 0.6) is 0 Å². The minimum atomic E-state index is 0.369. The molecule has 3 nitrogen and oxygen atoms in total. The van der Waals surface area contributed by atoms with Crippen LogP contribution in [0.3, 0.4) is 0 Å². The number of benzene rings is 1. The van der Waals surface area contributed by atoms with Crippen molar-refractivity contribution in [2.24, 2.45) is 0 Å². The van der Waals surface area contributed by atoms with Crippen LogP contribution < -0.4 is 0 Å². The Balaban J connectivity index is 1.70. The van der Waals surface area contributed by atoms with Crippen molar-refractivity contribution in [1.82, 2.24) is 4.98 Å². The van der Waals surface area contributed by atoms with Crippen LogP contribution in [-0.4, -0.2) is 4.98 Å². The molecule has 0 N–H and O–H groups in total. The normalized spacial score (nSPS) is 10.2. The van der Waals surface area contributed by atoms with Gasteiger partial charge < -0.3 is 0 Å². The van der Waals surface area contributed by atoms with Gasteiger partial charge in [-0.15, -0.1) is 0 Å². The third-order valence-electron chi connectivity index (χ3n) is 2.08. The van der Waals surface area contributed by atoms with Gasteiger partial charge in [0.1, 0.15) is 13.2 Å². The fraction of sp³-hybridized carbons (Fsp3) is 0.154. The van der Waals surface area contributed by atoms with Crippen molar-refractivity contribution >= 4 is 0 Å². The molecule has 0 aliphatic rings. The van der Waals surface area contributed by atoms with E-state index in [-0.39, 0.29) is 0 Å². The number of pyridine rings is 1. The highest BCUT2D eigenvalue weighted by Crippen LogP contribution is 2.02. The van der Waals surface area contributed by atoms with Crippen LogP contribution in [-0.2, 0) is 23.0 Å². The summed E-state index contributed by atoms with van der Waals surface area (Å²) in [4.78, 5) is 14.3. The molecule has 0 fully saturated rings. The fourth-order valence-corrected chi connectivity index (χ4v) is 1.27. The first-order valence-electron chi connectivity index (χ1n) is 5.13. The predicted molar refractivity (Wildman–Crippen MR) is 60.3 cm³/mol. The number of hydrogen-bond acceptors (Lipinski definition) is 3. The molecule has 0 aliphatic carbocycles. The van der Waals surface area contributed by atoms with Gasteiger partial charge in [0.15, 0.2) is 0 Å². The van der Waals surface area contributed by atoms with Crippen LogP contribution in [0.4, 0.5) is 0 Å². The maximum absolute atomic E-state index is 5.08. The highest BCUT2D eigenvalue weighted by Gasteiger charge is 1.95. The molecule has 0 amide bonds. The number of rotatable bonds is 5. The van der Waals surface area contributed by atoms with Crippen LogP contribution in [0.25, 0.3) is 0 Å². The molecule has 1 heterocycles. The van der Waals surface area contributed by atoms with Gasteiger partial charge >= 0.3 is 0 Å². The molecule has 0 radical (unpaired) electrons. The first-order valence-corrected chi connectivity index (χ1v) is 5.13. The Morgan fingerprint density at radius 1 is 0.812 bits per heavy atom.